The Morgan fingerprint density at radius 3 is 2.62 bits per heavy atom. The molecule has 1 amide bonds. The number of halogens is 1. The van der Waals surface area contributed by atoms with Gasteiger partial charge in [0, 0.05) is 27.8 Å². The molecule has 132 valence electrons. The van der Waals surface area contributed by atoms with Crippen molar-refractivity contribution in [2.45, 2.75) is 10.6 Å². The van der Waals surface area contributed by atoms with Crippen LogP contribution < -0.4 is 5.32 Å². The molecule has 0 radical (unpaired) electrons. The van der Waals surface area contributed by atoms with Crippen LogP contribution in [0.15, 0.2) is 52.3 Å². The Bertz CT molecular complexity index is 929. The van der Waals surface area contributed by atoms with E-state index in [1.807, 2.05) is 24.3 Å². The van der Waals surface area contributed by atoms with Crippen LogP contribution in [0.4, 0.5) is 5.69 Å². The highest BCUT2D eigenvalue weighted by Crippen LogP contribution is 2.34. The number of thiocarbonyl (C=S) groups is 1. The molecule has 1 aliphatic rings. The molecule has 2 aromatic carbocycles. The van der Waals surface area contributed by atoms with Crippen LogP contribution in [0.5, 0.6) is 0 Å². The fraction of sp³-hybridized carbons (Fsp3) is 0.0588. The molecular weight excluding hydrogens is 412 g/mol. The van der Waals surface area contributed by atoms with Gasteiger partial charge in [-0.05, 0) is 35.4 Å². The number of nitrogens with zero attached hydrogens (tertiary/aromatic N) is 1. The number of nitro groups is 1. The van der Waals surface area contributed by atoms with Crippen molar-refractivity contribution in [3.8, 4) is 0 Å². The van der Waals surface area contributed by atoms with Gasteiger partial charge in [0.15, 0.2) is 0 Å². The van der Waals surface area contributed by atoms with Crippen molar-refractivity contribution in [2.24, 2.45) is 0 Å². The first-order valence-electron chi connectivity index (χ1n) is 7.33. The van der Waals surface area contributed by atoms with Gasteiger partial charge >= 0.3 is 0 Å². The molecule has 1 heterocycles. The Morgan fingerprint density at radius 1 is 1.27 bits per heavy atom. The predicted octanol–water partition coefficient (Wildman–Crippen LogP) is 5.03. The summed E-state index contributed by atoms with van der Waals surface area (Å²) in [5, 5.41) is 14.3. The summed E-state index contributed by atoms with van der Waals surface area (Å²) >= 11 is 13.5. The summed E-state index contributed by atoms with van der Waals surface area (Å²) in [5.74, 6) is 0.378. The first kappa shape index (κ1) is 18.9. The van der Waals surface area contributed by atoms with E-state index >= 15 is 0 Å². The van der Waals surface area contributed by atoms with Crippen LogP contribution in [0.25, 0.3) is 6.08 Å². The third kappa shape index (κ3) is 4.64. The fourth-order valence-corrected chi connectivity index (χ4v) is 4.32. The van der Waals surface area contributed by atoms with Crippen LogP contribution >= 0.6 is 47.3 Å². The number of thioether (sulfide) groups is 2. The lowest BCUT2D eigenvalue weighted by atomic mass is 10.2. The summed E-state index contributed by atoms with van der Waals surface area (Å²) in [6, 6.07) is 12.1. The third-order valence-corrected chi connectivity index (χ3v) is 6.02. The van der Waals surface area contributed by atoms with Gasteiger partial charge in [-0.2, -0.15) is 0 Å². The van der Waals surface area contributed by atoms with E-state index in [4.69, 9.17) is 23.8 Å². The van der Waals surface area contributed by atoms with Gasteiger partial charge in [-0.15, -0.1) is 11.8 Å². The van der Waals surface area contributed by atoms with Crippen LogP contribution in [-0.2, 0) is 10.5 Å². The zero-order chi connectivity index (χ0) is 18.7. The molecule has 2 aromatic rings. The molecule has 1 aliphatic heterocycles. The first-order valence-corrected chi connectivity index (χ1v) is 9.92. The zero-order valence-corrected chi connectivity index (χ0v) is 16.3. The van der Waals surface area contributed by atoms with E-state index in [9.17, 15) is 14.9 Å². The number of benzene rings is 2. The molecule has 1 fully saturated rings. The van der Waals surface area contributed by atoms with E-state index in [2.05, 4.69) is 5.32 Å². The highest BCUT2D eigenvalue weighted by Gasteiger charge is 2.23. The molecule has 26 heavy (non-hydrogen) atoms. The number of rotatable bonds is 5. The Kier molecular flexibility index (Phi) is 5.98. The Hall–Kier alpha value is -1.87. The van der Waals surface area contributed by atoms with E-state index in [1.54, 1.807) is 12.1 Å². The van der Waals surface area contributed by atoms with Crippen molar-refractivity contribution in [3.05, 3.63) is 73.6 Å². The van der Waals surface area contributed by atoms with Crippen LogP contribution in [0, 0.1) is 10.1 Å². The molecule has 0 atom stereocenters. The smallest absolute Gasteiger partial charge is 0.270 e. The van der Waals surface area contributed by atoms with Crippen LogP contribution in [0.1, 0.15) is 11.1 Å². The van der Waals surface area contributed by atoms with E-state index in [0.29, 0.717) is 25.6 Å². The van der Waals surface area contributed by atoms with E-state index in [-0.39, 0.29) is 11.6 Å². The second-order valence-corrected chi connectivity index (χ2v) is 8.42. The molecule has 3 rings (SSSR count). The fourth-order valence-electron chi connectivity index (χ4n) is 2.20. The van der Waals surface area contributed by atoms with Gasteiger partial charge in [0.25, 0.3) is 11.6 Å². The zero-order valence-electron chi connectivity index (χ0n) is 13.1. The lowest BCUT2D eigenvalue weighted by molar-refractivity contribution is -0.384. The van der Waals surface area contributed by atoms with Gasteiger partial charge in [0.05, 0.1) is 9.83 Å². The highest BCUT2D eigenvalue weighted by atomic mass is 35.5. The maximum absolute atomic E-state index is 11.9. The van der Waals surface area contributed by atoms with Gasteiger partial charge in [-0.3, -0.25) is 14.9 Å². The quantitative estimate of drug-likeness (QED) is 0.239. The lowest BCUT2D eigenvalue weighted by Crippen LogP contribution is -2.17. The summed E-state index contributed by atoms with van der Waals surface area (Å²) in [5.41, 5.74) is 1.66. The molecular formula is C17H11ClN2O3S3. The number of hydrogen-bond donors (Lipinski definition) is 1. The Labute approximate surface area is 168 Å². The number of carbonyl (C=O) groups is 1. The molecule has 9 heteroatoms. The maximum atomic E-state index is 11.9. The van der Waals surface area contributed by atoms with Crippen molar-refractivity contribution < 1.29 is 9.72 Å². The van der Waals surface area contributed by atoms with Crippen molar-refractivity contribution in [1.82, 2.24) is 5.32 Å². The van der Waals surface area contributed by atoms with Crippen molar-refractivity contribution in [3.63, 3.8) is 0 Å². The van der Waals surface area contributed by atoms with Gasteiger partial charge in [-0.1, -0.05) is 47.7 Å². The SMILES string of the molecule is O=C1NC(=S)S/C1=C/c1cc([N+](=O)[O-])ccc1SCc1ccc(Cl)cc1. The Morgan fingerprint density at radius 2 is 2.00 bits per heavy atom. The minimum atomic E-state index is -0.456. The topological polar surface area (TPSA) is 72.2 Å². The van der Waals surface area contributed by atoms with Crippen LogP contribution in [0.2, 0.25) is 5.02 Å². The molecule has 0 spiro atoms. The van der Waals surface area contributed by atoms with Crippen molar-refractivity contribution in [1.29, 1.82) is 0 Å². The number of hydrogen-bond acceptors (Lipinski definition) is 6. The predicted molar refractivity (Wildman–Crippen MR) is 110 cm³/mol. The maximum Gasteiger partial charge on any atom is 0.270 e. The summed E-state index contributed by atoms with van der Waals surface area (Å²) < 4.78 is 0.377. The largest absolute Gasteiger partial charge is 0.307 e. The minimum Gasteiger partial charge on any atom is -0.307 e. The normalized spacial score (nSPS) is 15.3. The molecule has 0 bridgehead atoms. The molecule has 1 N–H and O–H groups in total. The van der Waals surface area contributed by atoms with Gasteiger partial charge < -0.3 is 5.32 Å². The van der Waals surface area contributed by atoms with Crippen LogP contribution in [-0.4, -0.2) is 15.2 Å². The molecule has 0 aliphatic carbocycles. The highest BCUT2D eigenvalue weighted by molar-refractivity contribution is 8.26. The average molecular weight is 423 g/mol. The first-order chi connectivity index (χ1) is 12.4. The summed E-state index contributed by atoms with van der Waals surface area (Å²) in [7, 11) is 0. The number of amides is 1. The average Bonchev–Trinajstić information content (AvgIpc) is 2.92. The standard InChI is InChI=1S/C17H11ClN2O3S3/c18-12-3-1-10(2-4-12)9-25-14-6-5-13(20(22)23)7-11(14)8-15-16(21)19-17(24)26-15/h1-8H,9H2,(H,19,21,24)/b15-8+. The van der Waals surface area contributed by atoms with E-state index < -0.39 is 4.92 Å². The van der Waals surface area contributed by atoms with E-state index in [0.717, 1.165) is 22.2 Å². The summed E-state index contributed by atoms with van der Waals surface area (Å²) in [6.07, 6.45) is 1.64. The van der Waals surface area contributed by atoms with Crippen molar-refractivity contribution >= 4 is 69.3 Å². The lowest BCUT2D eigenvalue weighted by Gasteiger charge is -2.07. The number of nitrogens with one attached hydrogen (secondary N) is 1. The second kappa shape index (κ2) is 8.22. The molecule has 1 saturated heterocycles. The second-order valence-electron chi connectivity index (χ2n) is 5.25. The van der Waals surface area contributed by atoms with Crippen LogP contribution in [0.3, 0.4) is 0 Å². The Balaban J connectivity index is 1.90. The molecule has 5 nitrogen and oxygen atoms in total. The van der Waals surface area contributed by atoms with Gasteiger partial charge in [0.1, 0.15) is 4.32 Å². The number of non-ortho nitro benzene ring substituents is 1. The summed E-state index contributed by atoms with van der Waals surface area (Å²) in [6.45, 7) is 0. The minimum absolute atomic E-state index is 0.0290. The van der Waals surface area contributed by atoms with Gasteiger partial charge in [-0.25, -0.2) is 0 Å². The molecule has 0 aromatic heterocycles. The monoisotopic (exact) mass is 422 g/mol. The molecule has 0 unspecified atom stereocenters. The third-order valence-electron chi connectivity index (χ3n) is 3.44. The van der Waals surface area contributed by atoms with Crippen molar-refractivity contribution in [2.75, 3.05) is 0 Å². The van der Waals surface area contributed by atoms with E-state index in [1.165, 1.54) is 23.9 Å². The molecule has 0 saturated carbocycles. The number of nitro benzene ring substituents is 1. The summed E-state index contributed by atoms with van der Waals surface area (Å²) in [4.78, 5) is 23.8. The van der Waals surface area contributed by atoms with Gasteiger partial charge in [0.2, 0.25) is 0 Å². The number of carbonyl (C=O) groups excluding carboxylic acids is 1.